The highest BCUT2D eigenvalue weighted by Crippen LogP contribution is 2.31. The van der Waals surface area contributed by atoms with Crippen LogP contribution in [-0.4, -0.2) is 29.3 Å². The maximum absolute atomic E-state index is 12.4. The molecule has 0 bridgehead atoms. The Morgan fingerprint density at radius 3 is 2.38 bits per heavy atom. The van der Waals surface area contributed by atoms with E-state index < -0.39 is 5.97 Å². The molecular formula is C27H28N2O3. The number of carboxylic acids is 1. The summed E-state index contributed by atoms with van der Waals surface area (Å²) in [5.74, 6) is 0.102. The zero-order valence-corrected chi connectivity index (χ0v) is 18.4. The van der Waals surface area contributed by atoms with Crippen LogP contribution in [0.15, 0.2) is 78.9 Å². The standard InChI is InChI=1S/C27H28N2O3/c1-19(21-11-7-4-8-12-21)16-28-17-24-23-14-13-22(32-2)15-25(23)29(26(24)27(30)31)18-20-9-5-3-6-10-20/h3-15,19,28H,16-18H2,1-2H3,(H,30,31)/t19-/m0/s1. The number of fused-ring (bicyclic) bond motifs is 1. The molecule has 1 aromatic heterocycles. The number of benzene rings is 3. The maximum atomic E-state index is 12.4. The Labute approximate surface area is 188 Å². The fourth-order valence-corrected chi connectivity index (χ4v) is 4.19. The van der Waals surface area contributed by atoms with Crippen molar-refractivity contribution in [2.45, 2.75) is 25.9 Å². The van der Waals surface area contributed by atoms with Crippen LogP contribution in [-0.2, 0) is 13.1 Å². The Morgan fingerprint density at radius 2 is 1.72 bits per heavy atom. The molecule has 0 aliphatic carbocycles. The first-order valence-electron chi connectivity index (χ1n) is 10.8. The van der Waals surface area contributed by atoms with Crippen LogP contribution in [0.25, 0.3) is 10.9 Å². The normalized spacial score (nSPS) is 12.1. The smallest absolute Gasteiger partial charge is 0.352 e. The molecule has 0 saturated heterocycles. The van der Waals surface area contributed by atoms with Crippen molar-refractivity contribution < 1.29 is 14.6 Å². The molecule has 5 heteroatoms. The quantitative estimate of drug-likeness (QED) is 0.380. The zero-order valence-electron chi connectivity index (χ0n) is 18.4. The first kappa shape index (κ1) is 21.7. The van der Waals surface area contributed by atoms with Crippen molar-refractivity contribution in [3.63, 3.8) is 0 Å². The van der Waals surface area contributed by atoms with Crippen LogP contribution < -0.4 is 10.1 Å². The van der Waals surface area contributed by atoms with Gasteiger partial charge < -0.3 is 19.7 Å². The average molecular weight is 429 g/mol. The molecule has 32 heavy (non-hydrogen) atoms. The van der Waals surface area contributed by atoms with Gasteiger partial charge in [0.25, 0.3) is 0 Å². The largest absolute Gasteiger partial charge is 0.497 e. The lowest BCUT2D eigenvalue weighted by molar-refractivity contribution is 0.0684. The summed E-state index contributed by atoms with van der Waals surface area (Å²) in [6, 6.07) is 26.0. The monoisotopic (exact) mass is 428 g/mol. The predicted octanol–water partition coefficient (Wildman–Crippen LogP) is 5.29. The molecule has 1 heterocycles. The van der Waals surface area contributed by atoms with Gasteiger partial charge in [-0.15, -0.1) is 0 Å². The first-order valence-corrected chi connectivity index (χ1v) is 10.8. The molecule has 164 valence electrons. The van der Waals surface area contributed by atoms with Crippen LogP contribution in [0.2, 0.25) is 0 Å². The number of hydrogen-bond donors (Lipinski definition) is 2. The van der Waals surface area contributed by atoms with Gasteiger partial charge in [0.15, 0.2) is 0 Å². The molecular weight excluding hydrogens is 400 g/mol. The fraction of sp³-hybridized carbons (Fsp3) is 0.222. The van der Waals surface area contributed by atoms with E-state index in [1.807, 2.05) is 71.3 Å². The number of hydrogen-bond acceptors (Lipinski definition) is 3. The van der Waals surface area contributed by atoms with Gasteiger partial charge in [-0.05, 0) is 29.2 Å². The highest BCUT2D eigenvalue weighted by atomic mass is 16.5. The Morgan fingerprint density at radius 1 is 1.03 bits per heavy atom. The summed E-state index contributed by atoms with van der Waals surface area (Å²) >= 11 is 0. The number of aromatic carboxylic acids is 1. The number of carboxylic acid groups (broad SMARTS) is 1. The fourth-order valence-electron chi connectivity index (χ4n) is 4.19. The molecule has 4 aromatic rings. The number of methoxy groups -OCH3 is 1. The van der Waals surface area contributed by atoms with Gasteiger partial charge in [-0.25, -0.2) is 4.79 Å². The van der Waals surface area contributed by atoms with E-state index in [2.05, 4.69) is 24.4 Å². The average Bonchev–Trinajstić information content (AvgIpc) is 3.12. The van der Waals surface area contributed by atoms with Crippen LogP contribution in [0, 0.1) is 0 Å². The summed E-state index contributed by atoms with van der Waals surface area (Å²) in [5.41, 5.74) is 4.28. The van der Waals surface area contributed by atoms with Crippen LogP contribution in [0.4, 0.5) is 0 Å². The van der Waals surface area contributed by atoms with E-state index in [1.54, 1.807) is 7.11 Å². The van der Waals surface area contributed by atoms with Crippen LogP contribution >= 0.6 is 0 Å². The van der Waals surface area contributed by atoms with Crippen molar-refractivity contribution in [1.29, 1.82) is 0 Å². The number of nitrogens with zero attached hydrogens (tertiary/aromatic N) is 1. The Kier molecular flexibility index (Phi) is 6.57. The van der Waals surface area contributed by atoms with Crippen LogP contribution in [0.1, 0.15) is 40.0 Å². The molecule has 0 saturated carbocycles. The lowest BCUT2D eigenvalue weighted by Gasteiger charge is -2.13. The number of ether oxygens (including phenoxy) is 1. The molecule has 0 fully saturated rings. The molecule has 0 aliphatic heterocycles. The first-order chi connectivity index (χ1) is 15.6. The van der Waals surface area contributed by atoms with Crippen molar-refractivity contribution >= 4 is 16.9 Å². The van der Waals surface area contributed by atoms with Gasteiger partial charge in [0.1, 0.15) is 11.4 Å². The number of carbonyl (C=O) groups is 1. The third-order valence-electron chi connectivity index (χ3n) is 5.88. The molecule has 0 spiro atoms. The van der Waals surface area contributed by atoms with Crippen molar-refractivity contribution in [3.8, 4) is 5.75 Å². The van der Waals surface area contributed by atoms with Crippen molar-refractivity contribution in [3.05, 3.63) is 101 Å². The lowest BCUT2D eigenvalue weighted by Crippen LogP contribution is -2.21. The maximum Gasteiger partial charge on any atom is 0.352 e. The van der Waals surface area contributed by atoms with Gasteiger partial charge in [0, 0.05) is 36.7 Å². The summed E-state index contributed by atoms with van der Waals surface area (Å²) in [5, 5.41) is 14.6. The van der Waals surface area contributed by atoms with E-state index in [1.165, 1.54) is 5.56 Å². The van der Waals surface area contributed by atoms with Crippen LogP contribution in [0.5, 0.6) is 5.75 Å². The van der Waals surface area contributed by atoms with E-state index >= 15 is 0 Å². The predicted molar refractivity (Wildman–Crippen MR) is 128 cm³/mol. The number of nitrogens with one attached hydrogen (secondary N) is 1. The molecule has 3 aromatic carbocycles. The highest BCUT2D eigenvalue weighted by Gasteiger charge is 2.23. The molecule has 0 radical (unpaired) electrons. The highest BCUT2D eigenvalue weighted by molar-refractivity contribution is 5.98. The number of rotatable bonds is 9. The minimum atomic E-state index is -0.927. The van der Waals surface area contributed by atoms with Gasteiger partial charge in [0.05, 0.1) is 12.6 Å². The second-order valence-corrected chi connectivity index (χ2v) is 8.03. The molecule has 4 rings (SSSR count). The van der Waals surface area contributed by atoms with E-state index in [0.717, 1.165) is 28.6 Å². The van der Waals surface area contributed by atoms with Gasteiger partial charge in [0.2, 0.25) is 0 Å². The summed E-state index contributed by atoms with van der Waals surface area (Å²) in [6.07, 6.45) is 0. The zero-order chi connectivity index (χ0) is 22.5. The molecule has 1 atom stereocenters. The third kappa shape index (κ3) is 4.53. The second kappa shape index (κ2) is 9.71. The molecule has 0 aliphatic rings. The van der Waals surface area contributed by atoms with E-state index in [9.17, 15) is 9.90 Å². The van der Waals surface area contributed by atoms with Gasteiger partial charge in [-0.3, -0.25) is 0 Å². The van der Waals surface area contributed by atoms with Crippen molar-refractivity contribution in [2.75, 3.05) is 13.7 Å². The summed E-state index contributed by atoms with van der Waals surface area (Å²) in [7, 11) is 1.62. The van der Waals surface area contributed by atoms with Gasteiger partial charge in [-0.1, -0.05) is 67.6 Å². The summed E-state index contributed by atoms with van der Waals surface area (Å²) < 4.78 is 7.30. The molecule has 0 unspecified atom stereocenters. The van der Waals surface area contributed by atoms with Crippen LogP contribution in [0.3, 0.4) is 0 Å². The van der Waals surface area contributed by atoms with E-state index in [-0.39, 0.29) is 0 Å². The lowest BCUT2D eigenvalue weighted by atomic mass is 10.0. The van der Waals surface area contributed by atoms with Crippen molar-refractivity contribution in [1.82, 2.24) is 9.88 Å². The Bertz CT molecular complexity index is 1200. The Hall–Kier alpha value is -3.57. The van der Waals surface area contributed by atoms with Crippen molar-refractivity contribution in [2.24, 2.45) is 0 Å². The van der Waals surface area contributed by atoms with Gasteiger partial charge >= 0.3 is 5.97 Å². The van der Waals surface area contributed by atoms with E-state index in [0.29, 0.717) is 30.5 Å². The minimum absolute atomic E-state index is 0.317. The Balaban J connectivity index is 1.69. The minimum Gasteiger partial charge on any atom is -0.497 e. The second-order valence-electron chi connectivity index (χ2n) is 8.03. The van der Waals surface area contributed by atoms with E-state index in [4.69, 9.17) is 4.74 Å². The van der Waals surface area contributed by atoms with Gasteiger partial charge in [-0.2, -0.15) is 0 Å². The summed E-state index contributed by atoms with van der Waals surface area (Å²) in [4.78, 5) is 12.4. The number of aromatic nitrogens is 1. The molecule has 0 amide bonds. The topological polar surface area (TPSA) is 63.5 Å². The summed E-state index contributed by atoms with van der Waals surface area (Å²) in [6.45, 7) is 3.88. The molecule has 2 N–H and O–H groups in total. The third-order valence-corrected chi connectivity index (χ3v) is 5.88. The molecule has 5 nitrogen and oxygen atoms in total. The SMILES string of the molecule is COc1ccc2c(CNC[C@H](C)c3ccccc3)c(C(=O)O)n(Cc3ccccc3)c2c1.